The molecule has 0 spiro atoms. The maximum Gasteiger partial charge on any atom is 0.227 e. The van der Waals surface area contributed by atoms with Crippen LogP contribution in [0.3, 0.4) is 0 Å². The Balaban J connectivity index is 1.96. The number of hydrogen-bond acceptors (Lipinski definition) is 4. The van der Waals surface area contributed by atoms with Crippen molar-refractivity contribution in [3.05, 3.63) is 27.2 Å². The first-order chi connectivity index (χ1) is 9.51. The molecule has 1 amide bonds. The van der Waals surface area contributed by atoms with Crippen LogP contribution in [0.4, 0.5) is 5.82 Å². The lowest BCUT2D eigenvalue weighted by molar-refractivity contribution is -0.116. The average Bonchev–Trinajstić information content (AvgIpc) is 2.92. The molecule has 0 atom stereocenters. The minimum absolute atomic E-state index is 0.173. The zero-order valence-corrected chi connectivity index (χ0v) is 13.2. The van der Waals surface area contributed by atoms with Crippen molar-refractivity contribution in [2.45, 2.75) is 19.9 Å². The summed E-state index contributed by atoms with van der Waals surface area (Å²) in [5.74, 6) is 0.247. The van der Waals surface area contributed by atoms with Crippen LogP contribution in [-0.2, 0) is 18.4 Å². The summed E-state index contributed by atoms with van der Waals surface area (Å²) in [4.78, 5) is 11.9. The van der Waals surface area contributed by atoms with E-state index in [1.165, 1.54) is 10.9 Å². The quantitative estimate of drug-likeness (QED) is 0.808. The number of halogens is 1. The molecule has 2 heterocycles. The SMILES string of the molecule is Cc1nn(CCC(=O)Nc2c(C#N)cnn2C)cc1I. The Morgan fingerprint density at radius 2 is 2.35 bits per heavy atom. The van der Waals surface area contributed by atoms with Crippen molar-refractivity contribution in [3.8, 4) is 6.07 Å². The van der Waals surface area contributed by atoms with Crippen LogP contribution in [0, 0.1) is 21.8 Å². The molecule has 104 valence electrons. The first kappa shape index (κ1) is 14.5. The molecule has 20 heavy (non-hydrogen) atoms. The predicted octanol–water partition coefficient (Wildman–Crippen LogP) is 1.43. The summed E-state index contributed by atoms with van der Waals surface area (Å²) in [6, 6.07) is 1.99. The molecule has 2 aromatic rings. The highest BCUT2D eigenvalue weighted by atomic mass is 127. The number of carbonyl (C=O) groups is 1. The number of aryl methyl sites for hydroxylation is 3. The lowest BCUT2D eigenvalue weighted by Gasteiger charge is -2.06. The van der Waals surface area contributed by atoms with Gasteiger partial charge in [0.1, 0.15) is 17.5 Å². The highest BCUT2D eigenvalue weighted by Gasteiger charge is 2.12. The van der Waals surface area contributed by atoms with Gasteiger partial charge in [-0.1, -0.05) is 0 Å². The van der Waals surface area contributed by atoms with Crippen LogP contribution in [-0.4, -0.2) is 25.5 Å². The van der Waals surface area contributed by atoms with Gasteiger partial charge in [-0.05, 0) is 29.5 Å². The van der Waals surface area contributed by atoms with E-state index >= 15 is 0 Å². The van der Waals surface area contributed by atoms with Crippen molar-refractivity contribution in [2.75, 3.05) is 5.32 Å². The van der Waals surface area contributed by atoms with Crippen molar-refractivity contribution in [3.63, 3.8) is 0 Å². The molecule has 0 aromatic carbocycles. The Morgan fingerprint density at radius 1 is 1.60 bits per heavy atom. The van der Waals surface area contributed by atoms with Crippen LogP contribution >= 0.6 is 22.6 Å². The van der Waals surface area contributed by atoms with Gasteiger partial charge in [-0.3, -0.25) is 14.2 Å². The van der Waals surface area contributed by atoms with Crippen LogP contribution in [0.1, 0.15) is 17.7 Å². The highest BCUT2D eigenvalue weighted by molar-refractivity contribution is 14.1. The molecule has 1 N–H and O–H groups in total. The molecular weight excluding hydrogens is 371 g/mol. The molecule has 7 nitrogen and oxygen atoms in total. The topological polar surface area (TPSA) is 88.5 Å². The minimum atomic E-state index is -0.173. The van der Waals surface area contributed by atoms with Gasteiger partial charge in [0, 0.05) is 26.2 Å². The third kappa shape index (κ3) is 3.16. The maximum absolute atomic E-state index is 11.9. The normalized spacial score (nSPS) is 10.3. The number of amides is 1. The molecule has 2 rings (SSSR count). The van der Waals surface area contributed by atoms with Gasteiger partial charge < -0.3 is 5.32 Å². The van der Waals surface area contributed by atoms with Crippen molar-refractivity contribution >= 4 is 34.3 Å². The molecule has 0 aliphatic heterocycles. The van der Waals surface area contributed by atoms with Gasteiger partial charge >= 0.3 is 0 Å². The first-order valence-electron chi connectivity index (χ1n) is 5.92. The fourth-order valence-corrected chi connectivity index (χ4v) is 2.12. The molecule has 0 aliphatic rings. The van der Waals surface area contributed by atoms with Gasteiger partial charge in [0.2, 0.25) is 5.91 Å². The van der Waals surface area contributed by atoms with E-state index in [1.807, 2.05) is 19.2 Å². The van der Waals surface area contributed by atoms with E-state index in [2.05, 4.69) is 38.1 Å². The second-order valence-electron chi connectivity index (χ2n) is 4.27. The minimum Gasteiger partial charge on any atom is -0.310 e. The second-order valence-corrected chi connectivity index (χ2v) is 5.43. The smallest absolute Gasteiger partial charge is 0.227 e. The molecular formula is C12H13IN6O. The molecule has 0 bridgehead atoms. The molecule has 0 fully saturated rings. The van der Waals surface area contributed by atoms with Crippen LogP contribution in [0.15, 0.2) is 12.4 Å². The lowest BCUT2D eigenvalue weighted by atomic mass is 10.3. The third-order valence-corrected chi connectivity index (χ3v) is 3.83. The van der Waals surface area contributed by atoms with Crippen LogP contribution in [0.2, 0.25) is 0 Å². The number of aromatic nitrogens is 4. The van der Waals surface area contributed by atoms with Gasteiger partial charge in [0.15, 0.2) is 0 Å². The summed E-state index contributed by atoms with van der Waals surface area (Å²) in [6.45, 7) is 2.42. The number of nitriles is 1. The van der Waals surface area contributed by atoms with E-state index in [4.69, 9.17) is 5.26 Å². The van der Waals surface area contributed by atoms with Gasteiger partial charge in [-0.2, -0.15) is 15.5 Å². The summed E-state index contributed by atoms with van der Waals surface area (Å²) in [6.07, 6.45) is 3.61. The van der Waals surface area contributed by atoms with E-state index in [0.717, 1.165) is 9.26 Å². The summed E-state index contributed by atoms with van der Waals surface area (Å²) in [5.41, 5.74) is 1.30. The third-order valence-electron chi connectivity index (χ3n) is 2.77. The van der Waals surface area contributed by atoms with Crippen LogP contribution in [0.25, 0.3) is 0 Å². The molecule has 0 unspecified atom stereocenters. The predicted molar refractivity (Wildman–Crippen MR) is 80.9 cm³/mol. The summed E-state index contributed by atoms with van der Waals surface area (Å²) in [5, 5.41) is 19.8. The first-order valence-corrected chi connectivity index (χ1v) is 7.00. The lowest BCUT2D eigenvalue weighted by Crippen LogP contribution is -2.17. The van der Waals surface area contributed by atoms with Crippen LogP contribution in [0.5, 0.6) is 0 Å². The summed E-state index contributed by atoms with van der Waals surface area (Å²) in [7, 11) is 1.68. The van der Waals surface area contributed by atoms with Gasteiger partial charge in [0.05, 0.1) is 15.5 Å². The zero-order valence-electron chi connectivity index (χ0n) is 11.1. The Morgan fingerprint density at radius 3 is 2.95 bits per heavy atom. The van der Waals surface area contributed by atoms with E-state index in [0.29, 0.717) is 17.9 Å². The number of anilines is 1. The van der Waals surface area contributed by atoms with E-state index in [1.54, 1.807) is 11.7 Å². The summed E-state index contributed by atoms with van der Waals surface area (Å²) < 4.78 is 4.28. The van der Waals surface area contributed by atoms with Crippen LogP contribution < -0.4 is 5.32 Å². The van der Waals surface area contributed by atoms with Crippen molar-refractivity contribution in [2.24, 2.45) is 7.05 Å². The maximum atomic E-state index is 11.9. The van der Waals surface area contributed by atoms with Crippen molar-refractivity contribution in [1.82, 2.24) is 19.6 Å². The van der Waals surface area contributed by atoms with E-state index in [9.17, 15) is 4.79 Å². The largest absolute Gasteiger partial charge is 0.310 e. The molecule has 0 radical (unpaired) electrons. The fourth-order valence-electron chi connectivity index (χ4n) is 1.69. The average molecular weight is 384 g/mol. The Bertz CT molecular complexity index is 661. The summed E-state index contributed by atoms with van der Waals surface area (Å²) >= 11 is 2.20. The van der Waals surface area contributed by atoms with Crippen molar-refractivity contribution < 1.29 is 4.79 Å². The Labute approximate surface area is 129 Å². The Hall–Kier alpha value is -1.89. The number of nitrogens with one attached hydrogen (secondary N) is 1. The standard InChI is InChI=1S/C12H13IN6O/c1-8-10(13)7-19(17-8)4-3-11(20)16-12-9(5-14)6-15-18(12)2/h6-7H,3-4H2,1-2H3,(H,16,20). The van der Waals surface area contributed by atoms with Gasteiger partial charge in [-0.15, -0.1) is 0 Å². The number of hydrogen-bond donors (Lipinski definition) is 1. The number of nitrogens with zero attached hydrogens (tertiary/aromatic N) is 5. The number of carbonyl (C=O) groups excluding carboxylic acids is 1. The Kier molecular flexibility index (Phi) is 4.39. The molecule has 0 saturated heterocycles. The monoisotopic (exact) mass is 384 g/mol. The van der Waals surface area contributed by atoms with Gasteiger partial charge in [-0.25, -0.2) is 0 Å². The highest BCUT2D eigenvalue weighted by Crippen LogP contribution is 2.13. The number of rotatable bonds is 4. The zero-order chi connectivity index (χ0) is 14.7. The van der Waals surface area contributed by atoms with E-state index < -0.39 is 0 Å². The molecule has 2 aromatic heterocycles. The molecule has 8 heteroatoms. The van der Waals surface area contributed by atoms with Gasteiger partial charge in [0.25, 0.3) is 0 Å². The fraction of sp³-hybridized carbons (Fsp3) is 0.333. The molecule has 0 aliphatic carbocycles. The second kappa shape index (κ2) is 6.04. The molecule has 0 saturated carbocycles. The van der Waals surface area contributed by atoms with Crippen molar-refractivity contribution in [1.29, 1.82) is 5.26 Å². The van der Waals surface area contributed by atoms with E-state index in [-0.39, 0.29) is 12.3 Å².